The van der Waals surface area contributed by atoms with Crippen molar-refractivity contribution < 1.29 is 4.79 Å². The number of hydrogen-bond acceptors (Lipinski definition) is 3. The van der Waals surface area contributed by atoms with Crippen LogP contribution in [-0.4, -0.2) is 53.4 Å². The van der Waals surface area contributed by atoms with Crippen LogP contribution in [0.15, 0.2) is 16.9 Å². The van der Waals surface area contributed by atoms with Crippen molar-refractivity contribution in [2.75, 3.05) is 26.7 Å². The number of likely N-dealkylation sites (N-methyl/N-ethyl adjacent to an activating group) is 1. The molecule has 1 unspecified atom stereocenters. The van der Waals surface area contributed by atoms with Gasteiger partial charge in [0.15, 0.2) is 0 Å². The van der Waals surface area contributed by atoms with E-state index < -0.39 is 0 Å². The highest BCUT2D eigenvalue weighted by atomic mass is 16.2. The number of nitrogens with zero attached hydrogens (tertiary/aromatic N) is 2. The highest BCUT2D eigenvalue weighted by molar-refractivity contribution is 5.94. The Kier molecular flexibility index (Phi) is 5.06. The Morgan fingerprint density at radius 1 is 1.23 bits per heavy atom. The molecule has 0 aliphatic carbocycles. The summed E-state index contributed by atoms with van der Waals surface area (Å²) >= 11 is 0. The monoisotopic (exact) mass is 305 g/mol. The molecule has 1 fully saturated rings. The molecule has 0 saturated carbocycles. The number of nitrogens with one attached hydrogen (secondary N) is 1. The highest BCUT2D eigenvalue weighted by Gasteiger charge is 2.31. The summed E-state index contributed by atoms with van der Waals surface area (Å²) in [5.74, 6) is 0.548. The lowest BCUT2D eigenvalue weighted by Crippen LogP contribution is -2.56. The molecule has 5 heteroatoms. The van der Waals surface area contributed by atoms with Crippen LogP contribution in [0.4, 0.5) is 0 Å². The molecule has 22 heavy (non-hydrogen) atoms. The number of piperazine rings is 1. The van der Waals surface area contributed by atoms with Gasteiger partial charge in [0.05, 0.1) is 0 Å². The molecule has 1 saturated heterocycles. The van der Waals surface area contributed by atoms with Crippen LogP contribution in [0.2, 0.25) is 0 Å². The third-order valence-electron chi connectivity index (χ3n) is 4.39. The lowest BCUT2D eigenvalue weighted by atomic mass is 9.98. The second-order valence-electron chi connectivity index (χ2n) is 6.92. The third kappa shape index (κ3) is 3.58. The summed E-state index contributed by atoms with van der Waals surface area (Å²) in [6, 6.07) is 3.43. The fraction of sp³-hybridized carbons (Fsp3) is 0.647. The van der Waals surface area contributed by atoms with E-state index in [-0.39, 0.29) is 23.4 Å². The number of carbonyl (C=O) groups is 1. The average molecular weight is 305 g/mol. The zero-order valence-corrected chi connectivity index (χ0v) is 14.2. The molecule has 1 aromatic rings. The fourth-order valence-electron chi connectivity index (χ4n) is 2.94. The first kappa shape index (κ1) is 16.7. The van der Waals surface area contributed by atoms with Gasteiger partial charge in [-0.1, -0.05) is 27.7 Å². The average Bonchev–Trinajstić information content (AvgIpc) is 2.45. The highest BCUT2D eigenvalue weighted by Crippen LogP contribution is 2.20. The fourth-order valence-corrected chi connectivity index (χ4v) is 2.94. The minimum absolute atomic E-state index is 0.0280. The number of rotatable bonds is 3. The van der Waals surface area contributed by atoms with Crippen LogP contribution < -0.4 is 5.56 Å². The van der Waals surface area contributed by atoms with Gasteiger partial charge in [-0.05, 0) is 24.9 Å². The minimum Gasteiger partial charge on any atom is -0.333 e. The molecule has 122 valence electrons. The quantitative estimate of drug-likeness (QED) is 0.928. The van der Waals surface area contributed by atoms with Gasteiger partial charge in [0.2, 0.25) is 5.56 Å². The van der Waals surface area contributed by atoms with Crippen LogP contribution in [0.1, 0.15) is 49.7 Å². The van der Waals surface area contributed by atoms with Gasteiger partial charge in [0.25, 0.3) is 5.91 Å². The molecule has 1 aromatic heterocycles. The Hall–Kier alpha value is -1.62. The molecule has 1 aliphatic rings. The normalized spacial score (nSPS) is 20.0. The predicted molar refractivity (Wildman–Crippen MR) is 88.3 cm³/mol. The van der Waals surface area contributed by atoms with E-state index in [9.17, 15) is 9.59 Å². The lowest BCUT2D eigenvalue weighted by Gasteiger charge is -2.42. The van der Waals surface area contributed by atoms with Gasteiger partial charge in [0, 0.05) is 43.0 Å². The van der Waals surface area contributed by atoms with Gasteiger partial charge in [0.1, 0.15) is 0 Å². The summed E-state index contributed by atoms with van der Waals surface area (Å²) in [7, 11) is 2.08. The second-order valence-corrected chi connectivity index (χ2v) is 6.92. The zero-order chi connectivity index (χ0) is 16.4. The Bertz CT molecular complexity index is 592. The van der Waals surface area contributed by atoms with Gasteiger partial charge in [-0.3, -0.25) is 9.59 Å². The van der Waals surface area contributed by atoms with Crippen molar-refractivity contribution in [3.63, 3.8) is 0 Å². The third-order valence-corrected chi connectivity index (χ3v) is 4.39. The molecule has 2 rings (SSSR count). The van der Waals surface area contributed by atoms with Gasteiger partial charge in [-0.2, -0.15) is 0 Å². The van der Waals surface area contributed by atoms with E-state index in [4.69, 9.17) is 0 Å². The number of amides is 1. The van der Waals surface area contributed by atoms with E-state index >= 15 is 0 Å². The SMILES string of the molecule is CC(C)c1cc(C(=O)N2CCN(C)CC2C(C)C)cc(=O)[nH]1. The molecule has 1 aliphatic heterocycles. The molecule has 1 atom stereocenters. The minimum atomic E-state index is -0.204. The topological polar surface area (TPSA) is 56.4 Å². The Morgan fingerprint density at radius 2 is 1.91 bits per heavy atom. The van der Waals surface area contributed by atoms with Crippen molar-refractivity contribution in [1.29, 1.82) is 0 Å². The van der Waals surface area contributed by atoms with Gasteiger partial charge < -0.3 is 14.8 Å². The van der Waals surface area contributed by atoms with Crippen molar-refractivity contribution in [2.24, 2.45) is 5.92 Å². The molecule has 0 aromatic carbocycles. The molecular weight excluding hydrogens is 278 g/mol. The number of pyridine rings is 1. The molecule has 0 radical (unpaired) electrons. The van der Waals surface area contributed by atoms with E-state index in [2.05, 4.69) is 30.8 Å². The van der Waals surface area contributed by atoms with Crippen LogP contribution in [0.3, 0.4) is 0 Å². The van der Waals surface area contributed by atoms with E-state index in [0.717, 1.165) is 18.8 Å². The predicted octanol–water partition coefficient (Wildman–Crippen LogP) is 1.91. The second kappa shape index (κ2) is 6.65. The Labute approximate surface area is 132 Å². The summed E-state index contributed by atoms with van der Waals surface area (Å²) in [5, 5.41) is 0. The first-order valence-electron chi connectivity index (χ1n) is 8.03. The van der Waals surface area contributed by atoms with Crippen LogP contribution >= 0.6 is 0 Å². The summed E-state index contributed by atoms with van der Waals surface area (Å²) in [6.45, 7) is 10.8. The first-order chi connectivity index (χ1) is 10.3. The van der Waals surface area contributed by atoms with Crippen LogP contribution in [0, 0.1) is 5.92 Å². The molecule has 5 nitrogen and oxygen atoms in total. The van der Waals surface area contributed by atoms with Crippen molar-refractivity contribution in [1.82, 2.24) is 14.8 Å². The molecule has 2 heterocycles. The standard InChI is InChI=1S/C17H27N3O2/c1-11(2)14-8-13(9-16(21)18-14)17(22)20-7-6-19(5)10-15(20)12(3)4/h8-9,11-12,15H,6-7,10H2,1-5H3,(H,18,21). The number of hydrogen-bond donors (Lipinski definition) is 1. The lowest BCUT2D eigenvalue weighted by molar-refractivity contribution is 0.0402. The maximum atomic E-state index is 12.9. The first-order valence-corrected chi connectivity index (χ1v) is 8.03. The summed E-state index contributed by atoms with van der Waals surface area (Å²) in [6.07, 6.45) is 0. The maximum Gasteiger partial charge on any atom is 0.254 e. The largest absolute Gasteiger partial charge is 0.333 e. The van der Waals surface area contributed by atoms with Crippen molar-refractivity contribution >= 4 is 5.91 Å². The molecule has 1 N–H and O–H groups in total. The molecule has 0 spiro atoms. The van der Waals surface area contributed by atoms with Crippen molar-refractivity contribution in [2.45, 2.75) is 39.7 Å². The van der Waals surface area contributed by atoms with Crippen LogP contribution in [-0.2, 0) is 0 Å². The number of aromatic nitrogens is 1. The van der Waals surface area contributed by atoms with Gasteiger partial charge in [-0.15, -0.1) is 0 Å². The van der Waals surface area contributed by atoms with E-state index in [0.29, 0.717) is 18.0 Å². The Balaban J connectivity index is 2.32. The summed E-state index contributed by atoms with van der Waals surface area (Å²) < 4.78 is 0. The van der Waals surface area contributed by atoms with Crippen molar-refractivity contribution in [3.8, 4) is 0 Å². The van der Waals surface area contributed by atoms with Gasteiger partial charge >= 0.3 is 0 Å². The number of aromatic amines is 1. The Morgan fingerprint density at radius 3 is 2.50 bits per heavy atom. The van der Waals surface area contributed by atoms with Crippen molar-refractivity contribution in [3.05, 3.63) is 33.7 Å². The smallest absolute Gasteiger partial charge is 0.254 e. The van der Waals surface area contributed by atoms with Gasteiger partial charge in [-0.25, -0.2) is 0 Å². The van der Waals surface area contributed by atoms with Crippen LogP contribution in [0.25, 0.3) is 0 Å². The van der Waals surface area contributed by atoms with E-state index in [1.165, 1.54) is 6.07 Å². The van der Waals surface area contributed by atoms with Crippen LogP contribution in [0.5, 0.6) is 0 Å². The summed E-state index contributed by atoms with van der Waals surface area (Å²) in [5.41, 5.74) is 1.11. The number of carbonyl (C=O) groups excluding carboxylic acids is 1. The molecule has 1 amide bonds. The summed E-state index contributed by atoms with van der Waals surface area (Å²) in [4.78, 5) is 31.7. The maximum absolute atomic E-state index is 12.9. The van der Waals surface area contributed by atoms with E-state index in [1.54, 1.807) is 0 Å². The number of H-pyrrole nitrogens is 1. The molecule has 0 bridgehead atoms. The zero-order valence-electron chi connectivity index (χ0n) is 14.2. The van der Waals surface area contributed by atoms with E-state index in [1.807, 2.05) is 24.8 Å². The molecular formula is C17H27N3O2.